The van der Waals surface area contributed by atoms with Gasteiger partial charge in [0, 0.05) is 34.8 Å². The Kier molecular flexibility index (Phi) is 4.13. The molecule has 0 unspecified atom stereocenters. The van der Waals surface area contributed by atoms with Gasteiger partial charge in [-0.2, -0.15) is 5.10 Å². The second kappa shape index (κ2) is 6.20. The largest absolute Gasteiger partial charge is 0.308 e. The standard InChI is InChI=1S/C16H18N4S/c1-11-14(9-18-20-11)8-17-10-15-12(2)19-16(21-15)13-6-4-3-5-7-13/h3-7,9,17H,8,10H2,1-2H3,(H,18,20). The van der Waals surface area contributed by atoms with Crippen molar-refractivity contribution in [2.24, 2.45) is 0 Å². The van der Waals surface area contributed by atoms with Crippen LogP contribution in [0, 0.1) is 13.8 Å². The van der Waals surface area contributed by atoms with Crippen LogP contribution in [0.4, 0.5) is 0 Å². The predicted octanol–water partition coefficient (Wildman–Crippen LogP) is 3.44. The third kappa shape index (κ3) is 3.20. The monoisotopic (exact) mass is 298 g/mol. The number of benzene rings is 1. The van der Waals surface area contributed by atoms with Crippen LogP contribution >= 0.6 is 11.3 Å². The van der Waals surface area contributed by atoms with E-state index in [0.29, 0.717) is 0 Å². The van der Waals surface area contributed by atoms with Crippen LogP contribution in [-0.2, 0) is 13.1 Å². The van der Waals surface area contributed by atoms with Gasteiger partial charge in [0.2, 0.25) is 0 Å². The van der Waals surface area contributed by atoms with Crippen LogP contribution in [-0.4, -0.2) is 15.2 Å². The summed E-state index contributed by atoms with van der Waals surface area (Å²) in [6, 6.07) is 10.3. The summed E-state index contributed by atoms with van der Waals surface area (Å²) in [5.74, 6) is 0. The Morgan fingerprint density at radius 1 is 1.14 bits per heavy atom. The van der Waals surface area contributed by atoms with Crippen molar-refractivity contribution in [1.29, 1.82) is 0 Å². The highest BCUT2D eigenvalue weighted by Gasteiger charge is 2.09. The van der Waals surface area contributed by atoms with E-state index in [0.717, 1.165) is 29.5 Å². The van der Waals surface area contributed by atoms with E-state index >= 15 is 0 Å². The van der Waals surface area contributed by atoms with Crippen molar-refractivity contribution in [2.45, 2.75) is 26.9 Å². The van der Waals surface area contributed by atoms with E-state index in [4.69, 9.17) is 0 Å². The van der Waals surface area contributed by atoms with Gasteiger partial charge in [0.05, 0.1) is 11.9 Å². The Labute approximate surface area is 128 Å². The minimum atomic E-state index is 0.820. The number of thiazole rings is 1. The van der Waals surface area contributed by atoms with Crippen LogP contribution < -0.4 is 5.32 Å². The average Bonchev–Trinajstić information content (AvgIpc) is 3.07. The van der Waals surface area contributed by atoms with Gasteiger partial charge in [0.25, 0.3) is 0 Å². The summed E-state index contributed by atoms with van der Waals surface area (Å²) in [5.41, 5.74) is 4.62. The number of H-pyrrole nitrogens is 1. The molecule has 1 aromatic carbocycles. The molecule has 0 spiro atoms. The Bertz CT molecular complexity index is 715. The summed E-state index contributed by atoms with van der Waals surface area (Å²) in [6.07, 6.45) is 1.87. The van der Waals surface area contributed by atoms with Crippen LogP contribution in [0.2, 0.25) is 0 Å². The van der Waals surface area contributed by atoms with Gasteiger partial charge >= 0.3 is 0 Å². The molecule has 2 heterocycles. The van der Waals surface area contributed by atoms with E-state index in [2.05, 4.69) is 39.6 Å². The molecule has 5 heteroatoms. The lowest BCUT2D eigenvalue weighted by molar-refractivity contribution is 0.694. The van der Waals surface area contributed by atoms with Gasteiger partial charge in [0.15, 0.2) is 0 Å². The molecule has 0 saturated carbocycles. The maximum atomic E-state index is 4.67. The van der Waals surface area contributed by atoms with Gasteiger partial charge < -0.3 is 5.32 Å². The van der Waals surface area contributed by atoms with Gasteiger partial charge in [-0.1, -0.05) is 30.3 Å². The lowest BCUT2D eigenvalue weighted by Crippen LogP contribution is -2.12. The minimum Gasteiger partial charge on any atom is -0.308 e. The molecule has 108 valence electrons. The van der Waals surface area contributed by atoms with Gasteiger partial charge in [-0.25, -0.2) is 4.98 Å². The highest BCUT2D eigenvalue weighted by Crippen LogP contribution is 2.27. The summed E-state index contributed by atoms with van der Waals surface area (Å²) in [7, 11) is 0. The highest BCUT2D eigenvalue weighted by atomic mass is 32.1. The maximum Gasteiger partial charge on any atom is 0.123 e. The zero-order valence-corrected chi connectivity index (χ0v) is 13.0. The van der Waals surface area contributed by atoms with Gasteiger partial charge in [-0.15, -0.1) is 11.3 Å². The molecular formula is C16H18N4S. The highest BCUT2D eigenvalue weighted by molar-refractivity contribution is 7.15. The fourth-order valence-electron chi connectivity index (χ4n) is 2.16. The van der Waals surface area contributed by atoms with E-state index in [-0.39, 0.29) is 0 Å². The first-order valence-electron chi connectivity index (χ1n) is 6.95. The fraction of sp³-hybridized carbons (Fsp3) is 0.250. The molecule has 0 aliphatic heterocycles. The maximum absolute atomic E-state index is 4.67. The fourth-order valence-corrected chi connectivity index (χ4v) is 3.20. The number of nitrogens with one attached hydrogen (secondary N) is 2. The summed E-state index contributed by atoms with van der Waals surface area (Å²) in [4.78, 5) is 5.96. The Morgan fingerprint density at radius 2 is 1.95 bits per heavy atom. The zero-order valence-electron chi connectivity index (χ0n) is 12.2. The summed E-state index contributed by atoms with van der Waals surface area (Å²) >= 11 is 1.76. The van der Waals surface area contributed by atoms with E-state index in [1.165, 1.54) is 16.0 Å². The Balaban J connectivity index is 1.66. The van der Waals surface area contributed by atoms with Crippen LogP contribution in [0.5, 0.6) is 0 Å². The van der Waals surface area contributed by atoms with E-state index in [9.17, 15) is 0 Å². The molecule has 2 aromatic heterocycles. The van der Waals surface area contributed by atoms with Crippen LogP contribution in [0.1, 0.15) is 21.8 Å². The van der Waals surface area contributed by atoms with Crippen molar-refractivity contribution in [3.8, 4) is 10.6 Å². The van der Waals surface area contributed by atoms with E-state index in [1.54, 1.807) is 11.3 Å². The van der Waals surface area contributed by atoms with Crippen molar-refractivity contribution >= 4 is 11.3 Å². The predicted molar refractivity (Wildman–Crippen MR) is 86.2 cm³/mol. The van der Waals surface area contributed by atoms with Crippen LogP contribution in [0.15, 0.2) is 36.5 Å². The average molecular weight is 298 g/mol. The Morgan fingerprint density at radius 3 is 2.67 bits per heavy atom. The summed E-state index contributed by atoms with van der Waals surface area (Å²) < 4.78 is 0. The van der Waals surface area contributed by atoms with Gasteiger partial charge in [-0.05, 0) is 13.8 Å². The van der Waals surface area contributed by atoms with Crippen molar-refractivity contribution < 1.29 is 0 Å². The van der Waals surface area contributed by atoms with Crippen molar-refractivity contribution in [2.75, 3.05) is 0 Å². The summed E-state index contributed by atoms with van der Waals surface area (Å²) in [6.45, 7) is 5.76. The second-order valence-corrected chi connectivity index (χ2v) is 6.10. The molecular weight excluding hydrogens is 280 g/mol. The molecule has 0 aliphatic carbocycles. The Hall–Kier alpha value is -1.98. The number of rotatable bonds is 5. The molecule has 0 atom stereocenters. The topological polar surface area (TPSA) is 53.6 Å². The number of aryl methyl sites for hydroxylation is 2. The van der Waals surface area contributed by atoms with Crippen molar-refractivity contribution in [1.82, 2.24) is 20.5 Å². The number of hydrogen-bond donors (Lipinski definition) is 2. The number of nitrogens with zero attached hydrogens (tertiary/aromatic N) is 2. The molecule has 3 aromatic rings. The molecule has 0 radical (unpaired) electrons. The van der Waals surface area contributed by atoms with Gasteiger partial charge in [0.1, 0.15) is 5.01 Å². The molecule has 0 fully saturated rings. The van der Waals surface area contributed by atoms with Crippen LogP contribution in [0.3, 0.4) is 0 Å². The first kappa shape index (κ1) is 14.0. The molecule has 0 saturated heterocycles. The third-order valence-electron chi connectivity index (χ3n) is 3.45. The molecule has 0 amide bonds. The molecule has 4 nitrogen and oxygen atoms in total. The van der Waals surface area contributed by atoms with Crippen molar-refractivity contribution in [3.63, 3.8) is 0 Å². The third-order valence-corrected chi connectivity index (χ3v) is 4.66. The second-order valence-electron chi connectivity index (χ2n) is 5.02. The molecule has 0 bridgehead atoms. The smallest absolute Gasteiger partial charge is 0.123 e. The van der Waals surface area contributed by atoms with E-state index < -0.39 is 0 Å². The lowest BCUT2D eigenvalue weighted by atomic mass is 10.2. The molecule has 3 rings (SSSR count). The lowest BCUT2D eigenvalue weighted by Gasteiger charge is -2.02. The SMILES string of the molecule is Cc1nc(-c2ccccc2)sc1CNCc1cn[nH]c1C. The normalized spacial score (nSPS) is 11.0. The number of aromatic amines is 1. The van der Waals surface area contributed by atoms with E-state index in [1.807, 2.05) is 31.3 Å². The first-order valence-corrected chi connectivity index (χ1v) is 7.77. The first-order chi connectivity index (χ1) is 10.2. The minimum absolute atomic E-state index is 0.820. The molecule has 0 aliphatic rings. The molecule has 2 N–H and O–H groups in total. The number of hydrogen-bond acceptors (Lipinski definition) is 4. The molecule has 21 heavy (non-hydrogen) atoms. The number of aromatic nitrogens is 3. The summed E-state index contributed by atoms with van der Waals surface area (Å²) in [5, 5.41) is 11.5. The quantitative estimate of drug-likeness (QED) is 0.758. The van der Waals surface area contributed by atoms with Crippen molar-refractivity contribution in [3.05, 3.63) is 58.4 Å². The van der Waals surface area contributed by atoms with Crippen LogP contribution in [0.25, 0.3) is 10.6 Å². The zero-order chi connectivity index (χ0) is 14.7. The van der Waals surface area contributed by atoms with Gasteiger partial charge in [-0.3, -0.25) is 5.10 Å².